The Kier molecular flexibility index (Phi) is 7.24. The van der Waals surface area contributed by atoms with Crippen LogP contribution in [0.1, 0.15) is 71.6 Å². The molecule has 176 valence electrons. The molecule has 0 spiro atoms. The van der Waals surface area contributed by atoms with Crippen LogP contribution in [0.3, 0.4) is 0 Å². The fraction of sp³-hybridized carbons (Fsp3) is 0.846. The standard InChI is InChI=1S/C26H41F2NO2/c1-17(15-29-11-9-20(16-29)25(27)28)23-7-8-24-19(4-3-10-26(23,24)2)6-5-18-12-21(30)14-22(31)13-18/h5-6,17,20-25,30-31H,3-4,7-16H2,1-2H3/t17?,20?,21-,22-,23-,24+,26-/m1/s1. The second-order valence-corrected chi connectivity index (χ2v) is 11.2. The fourth-order valence-corrected chi connectivity index (χ4v) is 7.51. The molecule has 4 rings (SSSR count). The lowest BCUT2D eigenvalue weighted by molar-refractivity contribution is 0.0609. The Balaban J connectivity index is 1.41. The van der Waals surface area contributed by atoms with Gasteiger partial charge in [0.2, 0.25) is 6.43 Å². The second-order valence-electron chi connectivity index (χ2n) is 11.2. The van der Waals surface area contributed by atoms with Crippen molar-refractivity contribution in [3.63, 3.8) is 0 Å². The van der Waals surface area contributed by atoms with Gasteiger partial charge in [0.25, 0.3) is 0 Å². The summed E-state index contributed by atoms with van der Waals surface area (Å²) in [6.07, 6.45) is 10.0. The third kappa shape index (κ3) is 5.09. The molecule has 0 aromatic carbocycles. The molecule has 0 amide bonds. The number of aliphatic hydroxyl groups is 2. The van der Waals surface area contributed by atoms with Gasteiger partial charge in [-0.2, -0.15) is 0 Å². The number of alkyl halides is 2. The van der Waals surface area contributed by atoms with Crippen molar-refractivity contribution < 1.29 is 19.0 Å². The number of rotatable bonds is 5. The van der Waals surface area contributed by atoms with Crippen LogP contribution in [0.2, 0.25) is 0 Å². The van der Waals surface area contributed by atoms with Gasteiger partial charge < -0.3 is 15.1 Å². The smallest absolute Gasteiger partial charge is 0.242 e. The Morgan fingerprint density at radius 1 is 1.13 bits per heavy atom. The number of nitrogens with zero attached hydrogens (tertiary/aromatic N) is 1. The van der Waals surface area contributed by atoms with E-state index in [1.54, 1.807) is 5.57 Å². The minimum Gasteiger partial charge on any atom is -0.393 e. The third-order valence-corrected chi connectivity index (χ3v) is 9.01. The number of hydrogen-bond acceptors (Lipinski definition) is 3. The van der Waals surface area contributed by atoms with Crippen molar-refractivity contribution >= 4 is 0 Å². The van der Waals surface area contributed by atoms with Crippen LogP contribution in [0.5, 0.6) is 0 Å². The summed E-state index contributed by atoms with van der Waals surface area (Å²) in [4.78, 5) is 2.28. The predicted octanol–water partition coefficient (Wildman–Crippen LogP) is 5.18. The van der Waals surface area contributed by atoms with Crippen molar-refractivity contribution in [3.05, 3.63) is 23.3 Å². The van der Waals surface area contributed by atoms with Crippen LogP contribution >= 0.6 is 0 Å². The summed E-state index contributed by atoms with van der Waals surface area (Å²) in [6, 6.07) is 0. The Morgan fingerprint density at radius 2 is 1.87 bits per heavy atom. The molecule has 0 aromatic heterocycles. The van der Waals surface area contributed by atoms with E-state index in [4.69, 9.17) is 0 Å². The molecule has 7 atom stereocenters. The molecule has 3 nitrogen and oxygen atoms in total. The maximum absolute atomic E-state index is 13.1. The molecule has 1 saturated heterocycles. The lowest BCUT2D eigenvalue weighted by atomic mass is 9.61. The molecule has 0 radical (unpaired) electrons. The van der Waals surface area contributed by atoms with Gasteiger partial charge >= 0.3 is 0 Å². The molecule has 4 aliphatic rings. The number of likely N-dealkylation sites (tertiary alicyclic amines) is 1. The van der Waals surface area contributed by atoms with Crippen molar-refractivity contribution in [1.82, 2.24) is 4.90 Å². The van der Waals surface area contributed by atoms with Gasteiger partial charge in [0.15, 0.2) is 0 Å². The van der Waals surface area contributed by atoms with Crippen molar-refractivity contribution in [2.75, 3.05) is 19.6 Å². The topological polar surface area (TPSA) is 43.7 Å². The van der Waals surface area contributed by atoms with Gasteiger partial charge in [0, 0.05) is 19.0 Å². The quantitative estimate of drug-likeness (QED) is 0.623. The minimum atomic E-state index is -2.18. The highest BCUT2D eigenvalue weighted by atomic mass is 19.3. The van der Waals surface area contributed by atoms with Crippen molar-refractivity contribution in [3.8, 4) is 0 Å². The summed E-state index contributed by atoms with van der Waals surface area (Å²) in [7, 11) is 0. The van der Waals surface area contributed by atoms with Crippen LogP contribution in [0.4, 0.5) is 8.78 Å². The Labute approximate surface area is 186 Å². The van der Waals surface area contributed by atoms with Gasteiger partial charge in [-0.15, -0.1) is 0 Å². The first-order chi connectivity index (χ1) is 14.8. The summed E-state index contributed by atoms with van der Waals surface area (Å²) in [5.74, 6) is 1.36. The SMILES string of the molecule is CC(CN1CCC(C(F)F)C1)[C@H]1CC[C@H]2C(=CC=C3C[C@@H](O)C[C@H](O)C3)CCC[C@]12C. The van der Waals surface area contributed by atoms with Gasteiger partial charge in [-0.05, 0) is 87.5 Å². The van der Waals surface area contributed by atoms with Gasteiger partial charge in [0.05, 0.1) is 12.2 Å². The monoisotopic (exact) mass is 437 g/mol. The molecule has 31 heavy (non-hydrogen) atoms. The first-order valence-electron chi connectivity index (χ1n) is 12.5. The van der Waals surface area contributed by atoms with Crippen LogP contribution < -0.4 is 0 Å². The number of hydrogen-bond donors (Lipinski definition) is 2. The summed E-state index contributed by atoms with van der Waals surface area (Å²) < 4.78 is 26.1. The number of aliphatic hydroxyl groups excluding tert-OH is 2. The maximum Gasteiger partial charge on any atom is 0.242 e. The van der Waals surface area contributed by atoms with Crippen LogP contribution in [0.25, 0.3) is 0 Å². The van der Waals surface area contributed by atoms with E-state index in [9.17, 15) is 19.0 Å². The summed E-state index contributed by atoms with van der Waals surface area (Å²) in [5.41, 5.74) is 3.01. The highest BCUT2D eigenvalue weighted by Crippen LogP contribution is 2.59. The van der Waals surface area contributed by atoms with E-state index in [2.05, 4.69) is 30.9 Å². The first kappa shape index (κ1) is 23.4. The van der Waals surface area contributed by atoms with Crippen LogP contribution in [0.15, 0.2) is 23.3 Å². The molecule has 1 aliphatic heterocycles. The molecule has 1 heterocycles. The van der Waals surface area contributed by atoms with E-state index in [-0.39, 0.29) is 0 Å². The van der Waals surface area contributed by atoms with Gasteiger partial charge in [-0.25, -0.2) is 8.78 Å². The van der Waals surface area contributed by atoms with Gasteiger partial charge in [-0.3, -0.25) is 0 Å². The highest BCUT2D eigenvalue weighted by molar-refractivity contribution is 5.26. The van der Waals surface area contributed by atoms with E-state index in [0.717, 1.165) is 25.1 Å². The zero-order chi connectivity index (χ0) is 22.2. The van der Waals surface area contributed by atoms with E-state index in [1.165, 1.54) is 25.7 Å². The largest absolute Gasteiger partial charge is 0.393 e. The highest BCUT2D eigenvalue weighted by Gasteiger charge is 2.51. The molecule has 4 fully saturated rings. The molecular formula is C26H41F2NO2. The molecule has 0 aromatic rings. The van der Waals surface area contributed by atoms with Crippen LogP contribution in [-0.4, -0.2) is 53.4 Å². The van der Waals surface area contributed by atoms with Crippen LogP contribution in [0, 0.1) is 29.1 Å². The van der Waals surface area contributed by atoms with Crippen molar-refractivity contribution in [1.29, 1.82) is 0 Å². The normalized spacial score (nSPS) is 41.7. The molecule has 0 bridgehead atoms. The Morgan fingerprint density at radius 3 is 2.55 bits per heavy atom. The Hall–Kier alpha value is -0.780. The van der Waals surface area contributed by atoms with Crippen molar-refractivity contribution in [2.24, 2.45) is 29.1 Å². The molecule has 3 aliphatic carbocycles. The van der Waals surface area contributed by atoms with E-state index >= 15 is 0 Å². The number of halogens is 2. The van der Waals surface area contributed by atoms with E-state index < -0.39 is 24.6 Å². The summed E-state index contributed by atoms with van der Waals surface area (Å²) >= 11 is 0. The molecule has 2 N–H and O–H groups in total. The third-order valence-electron chi connectivity index (χ3n) is 9.01. The fourth-order valence-electron chi connectivity index (χ4n) is 7.51. The summed E-state index contributed by atoms with van der Waals surface area (Å²) in [5, 5.41) is 19.9. The van der Waals surface area contributed by atoms with E-state index in [1.807, 2.05) is 0 Å². The molecular weight excluding hydrogens is 396 g/mol. The van der Waals surface area contributed by atoms with Gasteiger partial charge in [0.1, 0.15) is 0 Å². The average molecular weight is 438 g/mol. The predicted molar refractivity (Wildman–Crippen MR) is 120 cm³/mol. The number of allylic oxidation sites excluding steroid dienone is 3. The molecule has 3 saturated carbocycles. The first-order valence-corrected chi connectivity index (χ1v) is 12.5. The lowest BCUT2D eigenvalue weighted by Crippen LogP contribution is -2.39. The van der Waals surface area contributed by atoms with Gasteiger partial charge in [-0.1, -0.05) is 37.1 Å². The van der Waals surface area contributed by atoms with Crippen LogP contribution in [-0.2, 0) is 0 Å². The average Bonchev–Trinajstić information content (AvgIpc) is 3.29. The van der Waals surface area contributed by atoms with Crippen molar-refractivity contribution in [2.45, 2.75) is 90.3 Å². The lowest BCUT2D eigenvalue weighted by Gasteiger charge is -2.45. The van der Waals surface area contributed by atoms with E-state index in [0.29, 0.717) is 55.4 Å². The minimum absolute atomic E-state index is 0.301. The Bertz CT molecular complexity index is 681. The summed E-state index contributed by atoms with van der Waals surface area (Å²) in [6.45, 7) is 7.16. The maximum atomic E-state index is 13.1. The molecule has 2 unspecified atom stereocenters. The molecule has 5 heteroatoms. The zero-order valence-corrected chi connectivity index (χ0v) is 19.3. The zero-order valence-electron chi connectivity index (χ0n) is 19.3. The second kappa shape index (κ2) is 9.61. The number of fused-ring (bicyclic) bond motifs is 1.